The summed E-state index contributed by atoms with van der Waals surface area (Å²) in [6, 6.07) is 5.01. The normalized spacial score (nSPS) is 10.4. The van der Waals surface area contributed by atoms with Crippen LogP contribution in [0.5, 0.6) is 0 Å². The summed E-state index contributed by atoms with van der Waals surface area (Å²) in [4.78, 5) is 10.9. The molecular formula is C12H13BrN4O2. The van der Waals surface area contributed by atoms with Crippen LogP contribution in [0.15, 0.2) is 29.0 Å². The summed E-state index contributed by atoms with van der Waals surface area (Å²) in [7, 11) is 0. The van der Waals surface area contributed by atoms with Crippen LogP contribution in [0.2, 0.25) is 0 Å². The van der Waals surface area contributed by atoms with Gasteiger partial charge in [0.05, 0.1) is 12.1 Å². The van der Waals surface area contributed by atoms with E-state index in [9.17, 15) is 4.79 Å². The van der Waals surface area contributed by atoms with Crippen molar-refractivity contribution in [3.8, 4) is 0 Å². The molecule has 2 N–H and O–H groups in total. The fraction of sp³-hybridized carbons (Fsp3) is 0.250. The Morgan fingerprint density at radius 1 is 1.53 bits per heavy atom. The molecule has 6 nitrogen and oxygen atoms in total. The molecule has 0 aliphatic carbocycles. The van der Waals surface area contributed by atoms with Gasteiger partial charge in [0.25, 0.3) is 0 Å². The fourth-order valence-electron chi connectivity index (χ4n) is 1.66. The monoisotopic (exact) mass is 324 g/mol. The number of carbonyl (C=O) groups is 1. The Bertz CT molecular complexity index is 597. The van der Waals surface area contributed by atoms with E-state index in [1.54, 1.807) is 24.5 Å². The predicted octanol–water partition coefficient (Wildman–Crippen LogP) is 2.37. The quantitative estimate of drug-likeness (QED) is 0.882. The molecule has 0 radical (unpaired) electrons. The van der Waals surface area contributed by atoms with Crippen LogP contribution in [0.25, 0.3) is 0 Å². The Balaban J connectivity index is 2.08. The molecule has 0 fully saturated rings. The predicted molar refractivity (Wildman–Crippen MR) is 74.1 cm³/mol. The summed E-state index contributed by atoms with van der Waals surface area (Å²) in [6.07, 6.45) is 1.68. The zero-order chi connectivity index (χ0) is 13.8. The van der Waals surface area contributed by atoms with E-state index in [1.165, 1.54) is 0 Å². The molecule has 0 atom stereocenters. The lowest BCUT2D eigenvalue weighted by atomic mass is 10.2. The van der Waals surface area contributed by atoms with Crippen molar-refractivity contribution in [3.05, 3.63) is 40.4 Å². The van der Waals surface area contributed by atoms with Crippen LogP contribution in [-0.4, -0.2) is 25.8 Å². The van der Waals surface area contributed by atoms with Crippen LogP contribution in [0.1, 0.15) is 23.1 Å². The number of anilines is 1. The first-order chi connectivity index (χ1) is 9.11. The van der Waals surface area contributed by atoms with Crippen LogP contribution >= 0.6 is 15.9 Å². The van der Waals surface area contributed by atoms with Crippen LogP contribution < -0.4 is 5.32 Å². The summed E-state index contributed by atoms with van der Waals surface area (Å²) in [5, 5.41) is 20.0. The van der Waals surface area contributed by atoms with Crippen molar-refractivity contribution >= 4 is 27.6 Å². The van der Waals surface area contributed by atoms with E-state index in [-0.39, 0.29) is 5.56 Å². The minimum Gasteiger partial charge on any atom is -0.478 e. The second kappa shape index (κ2) is 5.83. The molecule has 2 rings (SSSR count). The van der Waals surface area contributed by atoms with E-state index in [4.69, 9.17) is 5.11 Å². The van der Waals surface area contributed by atoms with Gasteiger partial charge in [-0.3, -0.25) is 0 Å². The number of hydrogen-bond acceptors (Lipinski definition) is 4. The number of nitrogens with one attached hydrogen (secondary N) is 1. The number of halogens is 1. The number of carboxylic acid groups (broad SMARTS) is 1. The maximum Gasteiger partial charge on any atom is 0.336 e. The van der Waals surface area contributed by atoms with E-state index >= 15 is 0 Å². The molecule has 19 heavy (non-hydrogen) atoms. The summed E-state index contributed by atoms with van der Waals surface area (Å²) in [5.41, 5.74) is 1.06. The summed E-state index contributed by atoms with van der Waals surface area (Å²) < 4.78 is 2.48. The van der Waals surface area contributed by atoms with Gasteiger partial charge in [0, 0.05) is 16.7 Å². The minimum absolute atomic E-state index is 0.238. The first-order valence-corrected chi connectivity index (χ1v) is 6.54. The largest absolute Gasteiger partial charge is 0.478 e. The van der Waals surface area contributed by atoms with E-state index in [1.807, 2.05) is 11.5 Å². The standard InChI is InChI=1S/C12H13BrN4O2/c1-2-17-7-15-16-11(17)6-14-8-3-4-9(12(18)19)10(13)5-8/h3-5,7,14H,2,6H2,1H3,(H,18,19). The number of aromatic nitrogens is 3. The smallest absolute Gasteiger partial charge is 0.336 e. The van der Waals surface area contributed by atoms with E-state index < -0.39 is 5.97 Å². The Hall–Kier alpha value is -1.89. The number of aromatic carboxylic acids is 1. The lowest BCUT2D eigenvalue weighted by Crippen LogP contribution is -2.08. The molecule has 1 heterocycles. The summed E-state index contributed by atoms with van der Waals surface area (Å²) >= 11 is 3.24. The van der Waals surface area contributed by atoms with Crippen molar-refractivity contribution in [2.45, 2.75) is 20.0 Å². The van der Waals surface area contributed by atoms with E-state index in [0.717, 1.165) is 18.1 Å². The van der Waals surface area contributed by atoms with Crippen LogP contribution in [0.4, 0.5) is 5.69 Å². The van der Waals surface area contributed by atoms with Gasteiger partial charge in [-0.1, -0.05) is 0 Å². The molecule has 0 aliphatic rings. The second-order valence-corrected chi connectivity index (χ2v) is 4.74. The van der Waals surface area contributed by atoms with Gasteiger partial charge in [-0.2, -0.15) is 0 Å². The highest BCUT2D eigenvalue weighted by molar-refractivity contribution is 9.10. The Labute approximate surface area is 118 Å². The maximum absolute atomic E-state index is 10.9. The number of rotatable bonds is 5. The van der Waals surface area contributed by atoms with Crippen LogP contribution in [0.3, 0.4) is 0 Å². The lowest BCUT2D eigenvalue weighted by molar-refractivity contribution is 0.0696. The molecule has 1 aromatic heterocycles. The van der Waals surface area contributed by atoms with Gasteiger partial charge in [-0.15, -0.1) is 10.2 Å². The van der Waals surface area contributed by atoms with Gasteiger partial charge in [0.2, 0.25) is 0 Å². The first-order valence-electron chi connectivity index (χ1n) is 5.75. The van der Waals surface area contributed by atoms with E-state index in [0.29, 0.717) is 11.0 Å². The molecule has 0 spiro atoms. The van der Waals surface area contributed by atoms with Gasteiger partial charge in [0.1, 0.15) is 6.33 Å². The highest BCUT2D eigenvalue weighted by Crippen LogP contribution is 2.21. The first kappa shape index (κ1) is 13.5. The van der Waals surface area contributed by atoms with Crippen molar-refractivity contribution in [3.63, 3.8) is 0 Å². The van der Waals surface area contributed by atoms with Crippen molar-refractivity contribution in [1.29, 1.82) is 0 Å². The lowest BCUT2D eigenvalue weighted by Gasteiger charge is -2.08. The minimum atomic E-state index is -0.954. The summed E-state index contributed by atoms with van der Waals surface area (Å²) in [5.74, 6) is -0.120. The summed E-state index contributed by atoms with van der Waals surface area (Å²) in [6.45, 7) is 3.36. The highest BCUT2D eigenvalue weighted by Gasteiger charge is 2.09. The van der Waals surface area contributed by atoms with Crippen molar-refractivity contribution < 1.29 is 9.90 Å². The van der Waals surface area contributed by atoms with Gasteiger partial charge >= 0.3 is 5.97 Å². The molecule has 7 heteroatoms. The number of aryl methyl sites for hydroxylation is 1. The second-order valence-electron chi connectivity index (χ2n) is 3.89. The molecular weight excluding hydrogens is 312 g/mol. The van der Waals surface area contributed by atoms with Gasteiger partial charge in [0.15, 0.2) is 5.82 Å². The van der Waals surface area contributed by atoms with Crippen LogP contribution in [-0.2, 0) is 13.1 Å². The van der Waals surface area contributed by atoms with Crippen molar-refractivity contribution in [2.24, 2.45) is 0 Å². The molecule has 0 aliphatic heterocycles. The number of benzene rings is 1. The number of carboxylic acids is 1. The Morgan fingerprint density at radius 3 is 2.95 bits per heavy atom. The number of nitrogens with zero attached hydrogens (tertiary/aromatic N) is 3. The van der Waals surface area contributed by atoms with Crippen LogP contribution in [0, 0.1) is 0 Å². The average Bonchev–Trinajstić information content (AvgIpc) is 2.83. The average molecular weight is 325 g/mol. The highest BCUT2D eigenvalue weighted by atomic mass is 79.9. The molecule has 0 saturated heterocycles. The molecule has 0 bridgehead atoms. The van der Waals surface area contributed by atoms with Gasteiger partial charge in [-0.05, 0) is 41.1 Å². The van der Waals surface area contributed by atoms with E-state index in [2.05, 4.69) is 31.4 Å². The molecule has 0 saturated carbocycles. The molecule has 0 unspecified atom stereocenters. The van der Waals surface area contributed by atoms with Crippen molar-refractivity contribution in [2.75, 3.05) is 5.32 Å². The SMILES string of the molecule is CCn1cnnc1CNc1ccc(C(=O)O)c(Br)c1. The zero-order valence-corrected chi connectivity index (χ0v) is 11.9. The maximum atomic E-state index is 10.9. The number of hydrogen-bond donors (Lipinski definition) is 2. The fourth-order valence-corrected chi connectivity index (χ4v) is 2.21. The van der Waals surface area contributed by atoms with Gasteiger partial charge in [-0.25, -0.2) is 4.79 Å². The third-order valence-corrected chi connectivity index (χ3v) is 3.34. The third kappa shape index (κ3) is 3.11. The topological polar surface area (TPSA) is 80.0 Å². The molecule has 100 valence electrons. The Kier molecular flexibility index (Phi) is 4.16. The Morgan fingerprint density at radius 2 is 2.32 bits per heavy atom. The molecule has 0 amide bonds. The van der Waals surface area contributed by atoms with Crippen molar-refractivity contribution in [1.82, 2.24) is 14.8 Å². The van der Waals surface area contributed by atoms with Gasteiger partial charge < -0.3 is 15.0 Å². The third-order valence-electron chi connectivity index (χ3n) is 2.69. The molecule has 2 aromatic rings. The molecule has 1 aromatic carbocycles. The zero-order valence-electron chi connectivity index (χ0n) is 10.3.